The van der Waals surface area contributed by atoms with Crippen molar-refractivity contribution in [2.24, 2.45) is 0 Å². The number of anilines is 1. The Labute approximate surface area is 119 Å². The monoisotopic (exact) mass is 300 g/mol. The smallest absolute Gasteiger partial charge is 0.236 e. The highest BCUT2D eigenvalue weighted by molar-refractivity contribution is 7.93. The van der Waals surface area contributed by atoms with Crippen molar-refractivity contribution in [3.05, 3.63) is 18.2 Å². The molecule has 1 aromatic rings. The molecule has 1 atom stereocenters. The van der Waals surface area contributed by atoms with Crippen LogP contribution in [0.5, 0.6) is 11.5 Å². The standard InChI is InChI=1S/C13H20N2O4S/c1-18-10-5-6-12(13(8-10)19-2)15-20(16,17)11-4-3-7-14-9-11/h5-6,8,11,14-15H,3-4,7,9H2,1-2H3. The van der Waals surface area contributed by atoms with Crippen LogP contribution in [0.25, 0.3) is 0 Å². The van der Waals surface area contributed by atoms with Gasteiger partial charge in [0, 0.05) is 12.6 Å². The van der Waals surface area contributed by atoms with E-state index in [1.807, 2.05) is 0 Å². The molecule has 1 aliphatic rings. The lowest BCUT2D eigenvalue weighted by molar-refractivity contribution is 0.395. The third-order valence-electron chi connectivity index (χ3n) is 3.35. The molecule has 0 aliphatic carbocycles. The molecule has 112 valence electrons. The van der Waals surface area contributed by atoms with Gasteiger partial charge in [-0.05, 0) is 31.5 Å². The fourth-order valence-corrected chi connectivity index (χ4v) is 3.66. The van der Waals surface area contributed by atoms with Crippen LogP contribution in [0.2, 0.25) is 0 Å². The SMILES string of the molecule is COc1ccc(NS(=O)(=O)C2CCCNC2)c(OC)c1. The number of piperidine rings is 1. The fourth-order valence-electron chi connectivity index (χ4n) is 2.20. The lowest BCUT2D eigenvalue weighted by Crippen LogP contribution is -2.41. The number of hydrogen-bond acceptors (Lipinski definition) is 5. The van der Waals surface area contributed by atoms with E-state index in [9.17, 15) is 8.42 Å². The largest absolute Gasteiger partial charge is 0.497 e. The van der Waals surface area contributed by atoms with Crippen LogP contribution in [0.1, 0.15) is 12.8 Å². The average molecular weight is 300 g/mol. The first-order valence-electron chi connectivity index (χ1n) is 6.51. The molecule has 6 nitrogen and oxygen atoms in total. The van der Waals surface area contributed by atoms with Crippen LogP contribution in [0.15, 0.2) is 18.2 Å². The van der Waals surface area contributed by atoms with E-state index in [0.717, 1.165) is 13.0 Å². The van der Waals surface area contributed by atoms with Crippen LogP contribution in [0.3, 0.4) is 0 Å². The first-order valence-corrected chi connectivity index (χ1v) is 8.06. The van der Waals surface area contributed by atoms with Crippen molar-refractivity contribution >= 4 is 15.7 Å². The quantitative estimate of drug-likeness (QED) is 0.854. The molecule has 0 radical (unpaired) electrons. The van der Waals surface area contributed by atoms with Gasteiger partial charge in [0.25, 0.3) is 0 Å². The highest BCUT2D eigenvalue weighted by Gasteiger charge is 2.27. The molecule has 1 heterocycles. The average Bonchev–Trinajstić information content (AvgIpc) is 2.48. The molecule has 1 unspecified atom stereocenters. The van der Waals surface area contributed by atoms with Crippen LogP contribution >= 0.6 is 0 Å². The van der Waals surface area contributed by atoms with Crippen molar-refractivity contribution in [1.29, 1.82) is 0 Å². The molecule has 1 fully saturated rings. The Kier molecular flexibility index (Phi) is 4.72. The second-order valence-corrected chi connectivity index (χ2v) is 6.64. The lowest BCUT2D eigenvalue weighted by atomic mass is 10.2. The number of rotatable bonds is 5. The zero-order valence-electron chi connectivity index (χ0n) is 11.7. The summed E-state index contributed by atoms with van der Waals surface area (Å²) in [4.78, 5) is 0. The van der Waals surface area contributed by atoms with Crippen molar-refractivity contribution in [3.63, 3.8) is 0 Å². The third-order valence-corrected chi connectivity index (χ3v) is 5.14. The van der Waals surface area contributed by atoms with Gasteiger partial charge in [0.1, 0.15) is 11.5 Å². The van der Waals surface area contributed by atoms with E-state index in [1.54, 1.807) is 25.3 Å². The first-order chi connectivity index (χ1) is 9.56. The zero-order chi connectivity index (χ0) is 14.6. The summed E-state index contributed by atoms with van der Waals surface area (Å²) < 4.78 is 37.6. The Morgan fingerprint density at radius 3 is 2.70 bits per heavy atom. The molecule has 1 aromatic carbocycles. The van der Waals surface area contributed by atoms with Gasteiger partial charge < -0.3 is 14.8 Å². The Bertz CT molecular complexity index is 553. The molecule has 2 rings (SSSR count). The van der Waals surface area contributed by atoms with Crippen LogP contribution in [0.4, 0.5) is 5.69 Å². The zero-order valence-corrected chi connectivity index (χ0v) is 12.5. The maximum Gasteiger partial charge on any atom is 0.236 e. The fraction of sp³-hybridized carbons (Fsp3) is 0.538. The predicted molar refractivity (Wildman–Crippen MR) is 78.0 cm³/mol. The summed E-state index contributed by atoms with van der Waals surface area (Å²) in [6.45, 7) is 1.35. The molecule has 7 heteroatoms. The molecular weight excluding hydrogens is 280 g/mol. The Morgan fingerprint density at radius 1 is 1.30 bits per heavy atom. The highest BCUT2D eigenvalue weighted by Crippen LogP contribution is 2.30. The summed E-state index contributed by atoms with van der Waals surface area (Å²) in [5, 5.41) is 2.69. The molecule has 2 N–H and O–H groups in total. The van der Waals surface area contributed by atoms with Crippen molar-refractivity contribution in [2.75, 3.05) is 32.0 Å². The van der Waals surface area contributed by atoms with Gasteiger partial charge in [-0.3, -0.25) is 4.72 Å². The third kappa shape index (κ3) is 3.34. The van der Waals surface area contributed by atoms with Gasteiger partial charge in [0.05, 0.1) is 25.2 Å². The van der Waals surface area contributed by atoms with E-state index in [-0.39, 0.29) is 0 Å². The number of ether oxygens (including phenoxy) is 2. The molecule has 1 saturated heterocycles. The second-order valence-electron chi connectivity index (χ2n) is 4.68. The van der Waals surface area contributed by atoms with Crippen LogP contribution in [0, 0.1) is 0 Å². The van der Waals surface area contributed by atoms with E-state index in [4.69, 9.17) is 9.47 Å². The van der Waals surface area contributed by atoms with Gasteiger partial charge >= 0.3 is 0 Å². The maximum atomic E-state index is 12.3. The van der Waals surface area contributed by atoms with Crippen LogP contribution in [-0.4, -0.2) is 41.0 Å². The summed E-state index contributed by atoms with van der Waals surface area (Å²) in [6.07, 6.45) is 1.53. The molecule has 0 spiro atoms. The Morgan fingerprint density at radius 2 is 2.10 bits per heavy atom. The first kappa shape index (κ1) is 14.9. The van der Waals surface area contributed by atoms with Gasteiger partial charge in [-0.1, -0.05) is 0 Å². The number of benzene rings is 1. The second kappa shape index (κ2) is 6.32. The molecule has 0 amide bonds. The minimum atomic E-state index is -3.42. The molecule has 20 heavy (non-hydrogen) atoms. The van der Waals surface area contributed by atoms with Gasteiger partial charge in [-0.15, -0.1) is 0 Å². The van der Waals surface area contributed by atoms with E-state index >= 15 is 0 Å². The summed E-state index contributed by atoms with van der Waals surface area (Å²) in [5.74, 6) is 1.06. The minimum absolute atomic E-state index is 0.414. The van der Waals surface area contributed by atoms with E-state index < -0.39 is 15.3 Å². The Hall–Kier alpha value is -1.47. The lowest BCUT2D eigenvalue weighted by Gasteiger charge is -2.24. The van der Waals surface area contributed by atoms with Crippen molar-refractivity contribution < 1.29 is 17.9 Å². The predicted octanol–water partition coefficient (Wildman–Crippen LogP) is 1.20. The van der Waals surface area contributed by atoms with Gasteiger partial charge in [-0.2, -0.15) is 0 Å². The van der Waals surface area contributed by atoms with Crippen molar-refractivity contribution in [2.45, 2.75) is 18.1 Å². The van der Waals surface area contributed by atoms with Gasteiger partial charge in [0.2, 0.25) is 10.0 Å². The molecule has 0 saturated carbocycles. The summed E-state index contributed by atoms with van der Waals surface area (Å²) >= 11 is 0. The van der Waals surface area contributed by atoms with Crippen LogP contribution < -0.4 is 19.5 Å². The number of nitrogens with one attached hydrogen (secondary N) is 2. The highest BCUT2D eigenvalue weighted by atomic mass is 32.2. The van der Waals surface area contributed by atoms with Crippen LogP contribution in [-0.2, 0) is 10.0 Å². The van der Waals surface area contributed by atoms with E-state index in [2.05, 4.69) is 10.0 Å². The maximum absolute atomic E-state index is 12.3. The topological polar surface area (TPSA) is 76.7 Å². The summed E-state index contributed by atoms with van der Waals surface area (Å²) in [6, 6.07) is 4.99. The molecular formula is C13H20N2O4S. The molecule has 1 aliphatic heterocycles. The van der Waals surface area contributed by atoms with E-state index in [0.29, 0.717) is 30.2 Å². The van der Waals surface area contributed by atoms with Gasteiger partial charge in [0.15, 0.2) is 0 Å². The number of sulfonamides is 1. The van der Waals surface area contributed by atoms with Crippen molar-refractivity contribution in [3.8, 4) is 11.5 Å². The van der Waals surface area contributed by atoms with Crippen molar-refractivity contribution in [1.82, 2.24) is 5.32 Å². The number of methoxy groups -OCH3 is 2. The normalized spacial score (nSPS) is 19.4. The number of hydrogen-bond donors (Lipinski definition) is 2. The Balaban J connectivity index is 2.19. The minimum Gasteiger partial charge on any atom is -0.497 e. The van der Waals surface area contributed by atoms with Gasteiger partial charge in [-0.25, -0.2) is 8.42 Å². The molecule has 0 aromatic heterocycles. The molecule has 0 bridgehead atoms. The summed E-state index contributed by atoms with van der Waals surface area (Å²) in [5.41, 5.74) is 0.430. The van der Waals surface area contributed by atoms with E-state index in [1.165, 1.54) is 7.11 Å². The summed E-state index contributed by atoms with van der Waals surface area (Å²) in [7, 11) is -0.379.